The topological polar surface area (TPSA) is 38.8 Å². The van der Waals surface area contributed by atoms with Gasteiger partial charge in [-0.25, -0.2) is 0 Å². The van der Waals surface area contributed by atoms with E-state index in [-0.39, 0.29) is 24.1 Å². The number of halogens is 1. The van der Waals surface area contributed by atoms with Gasteiger partial charge in [-0.05, 0) is 50.7 Å². The third-order valence-corrected chi connectivity index (χ3v) is 3.81. The number of ether oxygens (including phenoxy) is 2. The van der Waals surface area contributed by atoms with Gasteiger partial charge in [-0.1, -0.05) is 0 Å². The molecule has 5 heteroatoms. The zero-order valence-corrected chi connectivity index (χ0v) is 14.4. The van der Waals surface area contributed by atoms with E-state index in [0.29, 0.717) is 0 Å². The first-order chi connectivity index (χ1) is 10.0. The number of carbonyl (C=O) groups excluding carboxylic acids is 1. The van der Waals surface area contributed by atoms with E-state index in [1.807, 2.05) is 38.4 Å². The normalized spacial score (nSPS) is 19.4. The molecule has 0 bridgehead atoms. The number of hydrogen-bond donors (Lipinski definition) is 0. The van der Waals surface area contributed by atoms with Gasteiger partial charge < -0.3 is 14.4 Å². The molecule has 2 rings (SSSR count). The van der Waals surface area contributed by atoms with Crippen LogP contribution in [0, 0.1) is 5.92 Å². The molecule has 1 saturated carbocycles. The van der Waals surface area contributed by atoms with E-state index in [1.54, 1.807) is 14.2 Å². The summed E-state index contributed by atoms with van der Waals surface area (Å²) >= 11 is 0. The summed E-state index contributed by atoms with van der Waals surface area (Å²) in [5.74, 6) is 1.86. The second-order valence-electron chi connectivity index (χ2n) is 5.64. The molecule has 4 nitrogen and oxygen atoms in total. The van der Waals surface area contributed by atoms with Crippen LogP contribution in [0.15, 0.2) is 23.8 Å². The molecule has 0 aliphatic heterocycles. The molecule has 1 aromatic rings. The number of benzene rings is 1. The largest absolute Gasteiger partial charge is 0.497 e. The minimum Gasteiger partial charge on any atom is -0.497 e. The maximum absolute atomic E-state index is 12.4. The maximum Gasteiger partial charge on any atom is 0.163 e. The Kier molecular flexibility index (Phi) is 6.91. The highest BCUT2D eigenvalue weighted by molar-refractivity contribution is 6.03. The Labute approximate surface area is 138 Å². The van der Waals surface area contributed by atoms with Crippen molar-refractivity contribution in [1.82, 2.24) is 4.90 Å². The van der Waals surface area contributed by atoms with Gasteiger partial charge in [0.15, 0.2) is 5.78 Å². The van der Waals surface area contributed by atoms with Crippen molar-refractivity contribution < 1.29 is 14.3 Å². The first-order valence-electron chi connectivity index (χ1n) is 7.16. The van der Waals surface area contributed by atoms with Crippen molar-refractivity contribution in [2.45, 2.75) is 12.8 Å². The van der Waals surface area contributed by atoms with Crippen molar-refractivity contribution in [3.05, 3.63) is 29.3 Å². The van der Waals surface area contributed by atoms with Crippen LogP contribution in [0.2, 0.25) is 0 Å². The molecule has 1 aliphatic carbocycles. The lowest BCUT2D eigenvalue weighted by Crippen LogP contribution is -2.24. The molecule has 0 heterocycles. The SMILES string of the molecule is COc1ccc(C=C2CCC(CN(C)C)C2=O)c(OC)c1.Cl. The van der Waals surface area contributed by atoms with E-state index in [9.17, 15) is 4.79 Å². The summed E-state index contributed by atoms with van der Waals surface area (Å²) in [6.45, 7) is 0.815. The second kappa shape index (κ2) is 8.20. The van der Waals surface area contributed by atoms with E-state index >= 15 is 0 Å². The Morgan fingerprint density at radius 1 is 1.27 bits per heavy atom. The van der Waals surface area contributed by atoms with Crippen molar-refractivity contribution in [1.29, 1.82) is 0 Å². The average molecular weight is 326 g/mol. The molecular weight excluding hydrogens is 302 g/mol. The maximum atomic E-state index is 12.4. The van der Waals surface area contributed by atoms with Crippen LogP contribution in [0.5, 0.6) is 11.5 Å². The summed E-state index contributed by atoms with van der Waals surface area (Å²) in [6.07, 6.45) is 3.73. The molecule has 0 amide bonds. The average Bonchev–Trinajstić information content (AvgIpc) is 2.80. The molecule has 1 fully saturated rings. The van der Waals surface area contributed by atoms with Gasteiger partial charge in [0.25, 0.3) is 0 Å². The van der Waals surface area contributed by atoms with Crippen LogP contribution < -0.4 is 9.47 Å². The van der Waals surface area contributed by atoms with Crippen molar-refractivity contribution in [3.8, 4) is 11.5 Å². The van der Waals surface area contributed by atoms with Gasteiger partial charge >= 0.3 is 0 Å². The van der Waals surface area contributed by atoms with E-state index in [0.717, 1.165) is 42.0 Å². The van der Waals surface area contributed by atoms with Crippen LogP contribution in [-0.2, 0) is 4.79 Å². The van der Waals surface area contributed by atoms with Crippen LogP contribution in [0.25, 0.3) is 6.08 Å². The number of ketones is 1. The molecule has 1 unspecified atom stereocenters. The highest BCUT2D eigenvalue weighted by atomic mass is 35.5. The van der Waals surface area contributed by atoms with Crippen LogP contribution >= 0.6 is 12.4 Å². The molecule has 0 aromatic heterocycles. The summed E-state index contributed by atoms with van der Waals surface area (Å²) in [4.78, 5) is 14.5. The van der Waals surface area contributed by atoms with Crippen molar-refractivity contribution in [3.63, 3.8) is 0 Å². The van der Waals surface area contributed by atoms with Crippen LogP contribution in [0.1, 0.15) is 18.4 Å². The van der Waals surface area contributed by atoms with Gasteiger partial charge in [0, 0.05) is 24.1 Å². The number of allylic oxidation sites excluding steroid dienone is 1. The van der Waals surface area contributed by atoms with Crippen LogP contribution in [-0.4, -0.2) is 45.5 Å². The van der Waals surface area contributed by atoms with E-state index in [4.69, 9.17) is 9.47 Å². The lowest BCUT2D eigenvalue weighted by atomic mass is 10.0. The van der Waals surface area contributed by atoms with Gasteiger partial charge in [-0.2, -0.15) is 0 Å². The van der Waals surface area contributed by atoms with Crippen molar-refractivity contribution in [2.24, 2.45) is 5.92 Å². The Balaban J connectivity index is 0.00000242. The second-order valence-corrected chi connectivity index (χ2v) is 5.64. The molecule has 1 aliphatic rings. The van der Waals surface area contributed by atoms with Crippen molar-refractivity contribution >= 4 is 24.3 Å². The Hall–Kier alpha value is -1.52. The number of hydrogen-bond acceptors (Lipinski definition) is 4. The Bertz CT molecular complexity index is 555. The lowest BCUT2D eigenvalue weighted by molar-refractivity contribution is -0.118. The fourth-order valence-corrected chi connectivity index (χ4v) is 2.73. The van der Waals surface area contributed by atoms with E-state index in [2.05, 4.69) is 4.90 Å². The molecular formula is C17H24ClNO3. The van der Waals surface area contributed by atoms with Gasteiger partial charge in [-0.15, -0.1) is 12.4 Å². The van der Waals surface area contributed by atoms with Gasteiger partial charge in [0.05, 0.1) is 14.2 Å². The highest BCUT2D eigenvalue weighted by Crippen LogP contribution is 2.32. The van der Waals surface area contributed by atoms with Gasteiger partial charge in [0.1, 0.15) is 11.5 Å². The number of nitrogens with zero attached hydrogens (tertiary/aromatic N) is 1. The van der Waals surface area contributed by atoms with Crippen LogP contribution in [0.3, 0.4) is 0 Å². The van der Waals surface area contributed by atoms with Gasteiger partial charge in [0.2, 0.25) is 0 Å². The summed E-state index contributed by atoms with van der Waals surface area (Å²) in [6, 6.07) is 5.64. The number of rotatable bonds is 5. The molecule has 0 radical (unpaired) electrons. The van der Waals surface area contributed by atoms with Crippen molar-refractivity contribution in [2.75, 3.05) is 34.9 Å². The monoisotopic (exact) mass is 325 g/mol. The first kappa shape index (κ1) is 18.5. The highest BCUT2D eigenvalue weighted by Gasteiger charge is 2.29. The number of Topliss-reactive ketones (excluding diaryl/α,β-unsaturated/α-hetero) is 1. The predicted octanol–water partition coefficient (Wildman–Crippen LogP) is 3.05. The quantitative estimate of drug-likeness (QED) is 0.780. The summed E-state index contributed by atoms with van der Waals surface area (Å²) in [7, 11) is 7.25. The lowest BCUT2D eigenvalue weighted by Gasteiger charge is -2.13. The minimum atomic E-state index is 0. The third kappa shape index (κ3) is 4.24. The third-order valence-electron chi connectivity index (χ3n) is 3.81. The van der Waals surface area contributed by atoms with Gasteiger partial charge in [-0.3, -0.25) is 4.79 Å². The number of carbonyl (C=O) groups is 1. The smallest absolute Gasteiger partial charge is 0.163 e. The predicted molar refractivity (Wildman–Crippen MR) is 91.1 cm³/mol. The molecule has 1 atom stereocenters. The fraction of sp³-hybridized carbons (Fsp3) is 0.471. The fourth-order valence-electron chi connectivity index (χ4n) is 2.73. The molecule has 1 aromatic carbocycles. The summed E-state index contributed by atoms with van der Waals surface area (Å²) in [5.41, 5.74) is 1.82. The molecule has 122 valence electrons. The molecule has 0 spiro atoms. The van der Waals surface area contributed by atoms with E-state index in [1.165, 1.54) is 0 Å². The number of methoxy groups -OCH3 is 2. The zero-order chi connectivity index (χ0) is 15.4. The molecule has 0 N–H and O–H groups in total. The Morgan fingerprint density at radius 2 is 2.00 bits per heavy atom. The molecule has 0 saturated heterocycles. The first-order valence-corrected chi connectivity index (χ1v) is 7.16. The standard InChI is InChI=1S/C17H23NO3.ClH/c1-18(2)11-14-6-5-13(17(14)19)9-12-7-8-15(20-3)10-16(12)21-4;/h7-10,14H,5-6,11H2,1-4H3;1H. The molecule has 22 heavy (non-hydrogen) atoms. The minimum absolute atomic E-state index is 0. The van der Waals surface area contributed by atoms with Crippen LogP contribution in [0.4, 0.5) is 0 Å². The Morgan fingerprint density at radius 3 is 2.59 bits per heavy atom. The zero-order valence-electron chi connectivity index (χ0n) is 13.6. The summed E-state index contributed by atoms with van der Waals surface area (Å²) in [5, 5.41) is 0. The summed E-state index contributed by atoms with van der Waals surface area (Å²) < 4.78 is 10.6. The van der Waals surface area contributed by atoms with E-state index < -0.39 is 0 Å².